The normalized spacial score (nSPS) is 10.3. The molecule has 0 aliphatic rings. The first-order valence-corrected chi connectivity index (χ1v) is 5.79. The Labute approximate surface area is 101 Å². The molecule has 0 radical (unpaired) electrons. The molecule has 5 heteroatoms. The maximum absolute atomic E-state index is 10.4. The van der Waals surface area contributed by atoms with Gasteiger partial charge in [0, 0.05) is 17.7 Å². The lowest BCUT2D eigenvalue weighted by atomic mass is 10.2. The number of aliphatic carboxylic acids is 1. The number of aromatic nitrogens is 2. The summed E-state index contributed by atoms with van der Waals surface area (Å²) in [5.74, 6) is 0.382. The molecule has 0 unspecified atom stereocenters. The van der Waals surface area contributed by atoms with Gasteiger partial charge in [-0.3, -0.25) is 4.79 Å². The molecule has 0 atom stereocenters. The number of hydrogen-bond donors (Lipinski definition) is 1. The van der Waals surface area contributed by atoms with Gasteiger partial charge in [-0.1, -0.05) is 13.8 Å². The van der Waals surface area contributed by atoms with Crippen LogP contribution in [0, 0.1) is 6.92 Å². The Morgan fingerprint density at radius 1 is 1.29 bits per heavy atom. The highest BCUT2D eigenvalue weighted by Gasteiger charge is 2.11. The van der Waals surface area contributed by atoms with Crippen molar-refractivity contribution < 1.29 is 14.6 Å². The Bertz CT molecular complexity index is 405. The minimum absolute atomic E-state index is 0.0202. The van der Waals surface area contributed by atoms with E-state index in [0.717, 1.165) is 29.9 Å². The van der Waals surface area contributed by atoms with Crippen molar-refractivity contribution in [3.63, 3.8) is 0 Å². The molecule has 0 saturated carbocycles. The zero-order valence-corrected chi connectivity index (χ0v) is 10.5. The number of nitrogens with zero attached hydrogens (tertiary/aromatic N) is 2. The van der Waals surface area contributed by atoms with Crippen LogP contribution in [0.1, 0.15) is 37.4 Å². The molecular formula is C12H18N2O3. The van der Waals surface area contributed by atoms with Crippen molar-refractivity contribution in [2.75, 3.05) is 6.61 Å². The lowest BCUT2D eigenvalue weighted by molar-refractivity contribution is -0.137. The van der Waals surface area contributed by atoms with Gasteiger partial charge in [-0.05, 0) is 13.3 Å². The summed E-state index contributed by atoms with van der Waals surface area (Å²) in [5.41, 5.74) is 1.86. The molecule has 0 spiro atoms. The number of carbonyl (C=O) groups is 1. The predicted octanol–water partition coefficient (Wildman–Crippen LogP) is 1.76. The van der Waals surface area contributed by atoms with Crippen molar-refractivity contribution in [3.05, 3.63) is 17.1 Å². The second-order valence-electron chi connectivity index (χ2n) is 3.71. The highest BCUT2D eigenvalue weighted by atomic mass is 16.5. The lowest BCUT2D eigenvalue weighted by Gasteiger charge is -2.11. The molecule has 0 aliphatic heterocycles. The Hall–Kier alpha value is -1.65. The van der Waals surface area contributed by atoms with E-state index in [2.05, 4.69) is 9.97 Å². The number of ether oxygens (including phenoxy) is 1. The molecule has 0 saturated heterocycles. The van der Waals surface area contributed by atoms with Gasteiger partial charge < -0.3 is 9.84 Å². The van der Waals surface area contributed by atoms with E-state index in [0.29, 0.717) is 5.88 Å². The third kappa shape index (κ3) is 3.69. The zero-order chi connectivity index (χ0) is 12.8. The minimum atomic E-state index is -0.871. The number of aryl methyl sites for hydroxylation is 2. The smallest absolute Gasteiger partial charge is 0.306 e. The fourth-order valence-corrected chi connectivity index (χ4v) is 1.55. The molecule has 17 heavy (non-hydrogen) atoms. The standard InChI is InChI=1S/C12H18N2O3/c1-4-9-8(3)13-10(5-2)14-12(9)17-7-6-11(15)16/h4-7H2,1-3H3,(H,15,16). The third-order valence-electron chi connectivity index (χ3n) is 2.45. The number of hydrogen-bond acceptors (Lipinski definition) is 4. The number of carboxylic acid groups (broad SMARTS) is 1. The Kier molecular flexibility index (Phi) is 4.87. The molecule has 1 heterocycles. The molecule has 1 aromatic heterocycles. The van der Waals surface area contributed by atoms with Gasteiger partial charge >= 0.3 is 5.97 Å². The first-order valence-electron chi connectivity index (χ1n) is 5.79. The van der Waals surface area contributed by atoms with Crippen LogP contribution in [0.3, 0.4) is 0 Å². The summed E-state index contributed by atoms with van der Waals surface area (Å²) < 4.78 is 5.43. The van der Waals surface area contributed by atoms with Crippen molar-refractivity contribution >= 4 is 5.97 Å². The summed E-state index contributed by atoms with van der Waals surface area (Å²) in [6, 6.07) is 0. The third-order valence-corrected chi connectivity index (χ3v) is 2.45. The van der Waals surface area contributed by atoms with E-state index < -0.39 is 5.97 Å². The highest BCUT2D eigenvalue weighted by Crippen LogP contribution is 2.19. The summed E-state index contributed by atoms with van der Waals surface area (Å²) >= 11 is 0. The van der Waals surface area contributed by atoms with Crippen LogP contribution in [0.15, 0.2) is 0 Å². The number of rotatable bonds is 6. The second kappa shape index (κ2) is 6.18. The first-order chi connectivity index (χ1) is 8.08. The Morgan fingerprint density at radius 2 is 2.00 bits per heavy atom. The van der Waals surface area contributed by atoms with E-state index in [4.69, 9.17) is 9.84 Å². The van der Waals surface area contributed by atoms with Gasteiger partial charge in [0.25, 0.3) is 0 Å². The SMILES string of the molecule is CCc1nc(C)c(CC)c(OCCC(=O)O)n1. The molecule has 0 amide bonds. The summed E-state index contributed by atoms with van der Waals surface area (Å²) in [7, 11) is 0. The van der Waals surface area contributed by atoms with Crippen LogP contribution in [-0.2, 0) is 17.6 Å². The van der Waals surface area contributed by atoms with Gasteiger partial charge in [0.05, 0.1) is 6.42 Å². The fraction of sp³-hybridized carbons (Fsp3) is 0.583. The van der Waals surface area contributed by atoms with Crippen molar-refractivity contribution in [2.24, 2.45) is 0 Å². The zero-order valence-electron chi connectivity index (χ0n) is 10.5. The van der Waals surface area contributed by atoms with Crippen molar-refractivity contribution in [1.29, 1.82) is 0 Å². The molecule has 0 aliphatic carbocycles. The molecule has 1 rings (SSSR count). The van der Waals surface area contributed by atoms with E-state index in [1.54, 1.807) is 0 Å². The average Bonchev–Trinajstić information content (AvgIpc) is 2.28. The van der Waals surface area contributed by atoms with Crippen molar-refractivity contribution in [2.45, 2.75) is 40.0 Å². The fourth-order valence-electron chi connectivity index (χ4n) is 1.55. The summed E-state index contributed by atoms with van der Waals surface area (Å²) in [6.45, 7) is 6.04. The van der Waals surface area contributed by atoms with Gasteiger partial charge in [0.2, 0.25) is 5.88 Å². The van der Waals surface area contributed by atoms with Crippen LogP contribution in [-0.4, -0.2) is 27.7 Å². The van der Waals surface area contributed by atoms with E-state index >= 15 is 0 Å². The molecular weight excluding hydrogens is 220 g/mol. The molecule has 94 valence electrons. The average molecular weight is 238 g/mol. The monoisotopic (exact) mass is 238 g/mol. The van der Waals surface area contributed by atoms with Crippen LogP contribution in [0.2, 0.25) is 0 Å². The largest absolute Gasteiger partial charge is 0.481 e. The summed E-state index contributed by atoms with van der Waals surface area (Å²) in [4.78, 5) is 19.1. The van der Waals surface area contributed by atoms with E-state index in [-0.39, 0.29) is 13.0 Å². The molecule has 0 aromatic carbocycles. The molecule has 5 nitrogen and oxygen atoms in total. The minimum Gasteiger partial charge on any atom is -0.481 e. The first kappa shape index (κ1) is 13.4. The van der Waals surface area contributed by atoms with Crippen LogP contribution >= 0.6 is 0 Å². The van der Waals surface area contributed by atoms with Gasteiger partial charge in [0.1, 0.15) is 12.4 Å². The Morgan fingerprint density at radius 3 is 2.53 bits per heavy atom. The highest BCUT2D eigenvalue weighted by molar-refractivity contribution is 5.66. The van der Waals surface area contributed by atoms with Crippen LogP contribution < -0.4 is 4.74 Å². The second-order valence-corrected chi connectivity index (χ2v) is 3.71. The van der Waals surface area contributed by atoms with Crippen LogP contribution in [0.5, 0.6) is 5.88 Å². The Balaban J connectivity index is 2.87. The topological polar surface area (TPSA) is 72.3 Å². The molecule has 1 N–H and O–H groups in total. The van der Waals surface area contributed by atoms with Gasteiger partial charge in [-0.2, -0.15) is 4.98 Å². The van der Waals surface area contributed by atoms with Crippen molar-refractivity contribution in [3.8, 4) is 5.88 Å². The maximum atomic E-state index is 10.4. The van der Waals surface area contributed by atoms with E-state index in [9.17, 15) is 4.79 Å². The van der Waals surface area contributed by atoms with Gasteiger partial charge in [0.15, 0.2) is 0 Å². The van der Waals surface area contributed by atoms with Crippen LogP contribution in [0.25, 0.3) is 0 Å². The molecule has 0 bridgehead atoms. The van der Waals surface area contributed by atoms with Gasteiger partial charge in [-0.25, -0.2) is 4.98 Å². The van der Waals surface area contributed by atoms with Crippen LogP contribution in [0.4, 0.5) is 0 Å². The quantitative estimate of drug-likeness (QED) is 0.817. The summed E-state index contributed by atoms with van der Waals surface area (Å²) in [5, 5.41) is 8.56. The molecule has 0 fully saturated rings. The van der Waals surface area contributed by atoms with Gasteiger partial charge in [-0.15, -0.1) is 0 Å². The predicted molar refractivity (Wildman–Crippen MR) is 63.3 cm³/mol. The van der Waals surface area contributed by atoms with E-state index in [1.807, 2.05) is 20.8 Å². The number of carboxylic acids is 1. The van der Waals surface area contributed by atoms with E-state index in [1.165, 1.54) is 0 Å². The van der Waals surface area contributed by atoms with Crippen molar-refractivity contribution in [1.82, 2.24) is 9.97 Å². The molecule has 1 aromatic rings. The summed E-state index contributed by atoms with van der Waals surface area (Å²) in [6.07, 6.45) is 1.49. The lowest BCUT2D eigenvalue weighted by Crippen LogP contribution is -2.10. The maximum Gasteiger partial charge on any atom is 0.306 e.